The zero-order valence-electron chi connectivity index (χ0n) is 41.8. The summed E-state index contributed by atoms with van der Waals surface area (Å²) in [5.41, 5.74) is 9.81. The van der Waals surface area contributed by atoms with E-state index in [1.54, 1.807) is 34.5 Å². The van der Waals surface area contributed by atoms with Crippen LogP contribution in [-0.2, 0) is 36.2 Å². The van der Waals surface area contributed by atoms with E-state index in [1.807, 2.05) is 0 Å². The monoisotopic (exact) mass is 1030 g/mol. The molecule has 0 spiro atoms. The van der Waals surface area contributed by atoms with E-state index in [4.69, 9.17) is 0 Å². The first-order chi connectivity index (χ1) is 32.3. The minimum absolute atomic E-state index is 0. The average molecular weight is 1040 g/mol. The molecule has 0 aromatic heterocycles. The second kappa shape index (κ2) is 26.3. The van der Waals surface area contributed by atoms with E-state index >= 15 is 0 Å². The number of hydrogen-bond acceptors (Lipinski definition) is 0. The molecule has 0 atom stereocenters. The topological polar surface area (TPSA) is 0 Å². The van der Waals surface area contributed by atoms with Crippen molar-refractivity contribution in [2.45, 2.75) is 155 Å². The minimum atomic E-state index is 0. The standard InChI is InChI=1S/2C31H35.C2H6Si.2ClH.Zr/c2*1-2-18-31(19-8-4-3-5-9-20-31)23-24-21-26-14-11-17-29(30(26)22-24)28-16-10-13-25-12-6-7-15-27(25)28;1-3-2;;;/h2*6-7,10-17,21-22H,2-5,8-9,18-20,23H2,1H3;1-2H3;2*1H;/q2*-1;;;;+2/p-2. The Morgan fingerprint density at radius 1 is 0.426 bits per heavy atom. The molecule has 8 aromatic rings. The summed E-state index contributed by atoms with van der Waals surface area (Å²) in [5, 5.41) is 11.0. The predicted molar refractivity (Wildman–Crippen MR) is 289 cm³/mol. The average Bonchev–Trinajstić information content (AvgIpc) is 3.92. The SMILES string of the molecule is CCCC1(Cc2cc3c(-c4cccc5ccccc45)cccc3[cH-]2)CCCCCCC1.CCCC1(Cc2cc3c(-c4cccc5ccccc45)cccc3[cH-]2)CCCCCCC1.C[Si](C)=[Zr+2].[Cl-].[Cl-]. The summed E-state index contributed by atoms with van der Waals surface area (Å²) in [5.74, 6) is 0. The first-order valence-corrected chi connectivity index (χ1v) is 32.3. The molecule has 10 rings (SSSR count). The predicted octanol–water partition coefficient (Wildman–Crippen LogP) is 13.7. The van der Waals surface area contributed by atoms with Crippen molar-refractivity contribution in [3.05, 3.63) is 157 Å². The molecule has 0 radical (unpaired) electrons. The number of rotatable bonds is 10. The minimum Gasteiger partial charge on any atom is -1.00 e. The molecule has 2 saturated carbocycles. The van der Waals surface area contributed by atoms with E-state index in [0.717, 1.165) is 0 Å². The molecular weight excluding hydrogens is 959 g/mol. The summed E-state index contributed by atoms with van der Waals surface area (Å²) in [6.07, 6.45) is 27.8. The Kier molecular flexibility index (Phi) is 20.9. The van der Waals surface area contributed by atoms with Gasteiger partial charge in [-0.2, -0.15) is 12.1 Å². The molecule has 356 valence electrons. The van der Waals surface area contributed by atoms with Crippen molar-refractivity contribution in [2.75, 3.05) is 0 Å². The molecule has 0 bridgehead atoms. The first kappa shape index (κ1) is 54.1. The van der Waals surface area contributed by atoms with Crippen LogP contribution in [-0.4, -0.2) is 5.43 Å². The van der Waals surface area contributed by atoms with Crippen molar-refractivity contribution >= 4 is 48.5 Å². The van der Waals surface area contributed by atoms with E-state index in [-0.39, 0.29) is 30.2 Å². The molecule has 0 heterocycles. The fourth-order valence-electron chi connectivity index (χ4n) is 12.5. The van der Waals surface area contributed by atoms with Gasteiger partial charge >= 0.3 is 41.9 Å². The van der Waals surface area contributed by atoms with Gasteiger partial charge in [0.2, 0.25) is 0 Å². The Labute approximate surface area is 438 Å². The summed E-state index contributed by atoms with van der Waals surface area (Å²) in [6, 6.07) is 54.7. The van der Waals surface area contributed by atoms with Crippen LogP contribution in [0.3, 0.4) is 0 Å². The van der Waals surface area contributed by atoms with Gasteiger partial charge in [0.1, 0.15) is 0 Å². The Morgan fingerprint density at radius 3 is 1.10 bits per heavy atom. The van der Waals surface area contributed by atoms with Gasteiger partial charge in [-0.1, -0.05) is 199 Å². The second-order valence-electron chi connectivity index (χ2n) is 20.8. The molecule has 0 N–H and O–H groups in total. The molecule has 0 aliphatic heterocycles. The summed E-state index contributed by atoms with van der Waals surface area (Å²) in [4.78, 5) is 0. The summed E-state index contributed by atoms with van der Waals surface area (Å²) < 4.78 is 0. The summed E-state index contributed by atoms with van der Waals surface area (Å²) in [6.45, 7) is 9.37. The summed E-state index contributed by atoms with van der Waals surface area (Å²) in [7, 11) is 0. The van der Waals surface area contributed by atoms with Gasteiger partial charge in [-0.15, -0.1) is 69.1 Å². The van der Waals surface area contributed by atoms with Crippen molar-refractivity contribution < 1.29 is 48.1 Å². The molecule has 8 aromatic carbocycles. The zero-order chi connectivity index (χ0) is 45.8. The van der Waals surface area contributed by atoms with Gasteiger partial charge in [-0.25, -0.2) is 0 Å². The number of benzene rings is 6. The van der Waals surface area contributed by atoms with Crippen LogP contribution in [0.4, 0.5) is 0 Å². The van der Waals surface area contributed by atoms with Crippen molar-refractivity contribution in [1.82, 2.24) is 0 Å². The third-order valence-corrected chi connectivity index (χ3v) is 15.3. The largest absolute Gasteiger partial charge is 1.00 e. The second-order valence-corrected chi connectivity index (χ2v) is 30.2. The molecule has 0 saturated heterocycles. The molecule has 2 aliphatic rings. The van der Waals surface area contributed by atoms with Crippen LogP contribution in [0.5, 0.6) is 0 Å². The summed E-state index contributed by atoms with van der Waals surface area (Å²) >= 11 is 1.74. The first-order valence-electron chi connectivity index (χ1n) is 26.1. The quantitative estimate of drug-likeness (QED) is 0.0946. The van der Waals surface area contributed by atoms with Crippen LogP contribution in [0.25, 0.3) is 65.3 Å². The van der Waals surface area contributed by atoms with E-state index in [9.17, 15) is 0 Å². The normalized spacial score (nSPS) is 15.9. The van der Waals surface area contributed by atoms with Crippen LogP contribution in [0, 0.1) is 10.8 Å². The van der Waals surface area contributed by atoms with Crippen LogP contribution in [0.1, 0.15) is 141 Å². The van der Waals surface area contributed by atoms with Crippen LogP contribution in [0.15, 0.2) is 146 Å². The third kappa shape index (κ3) is 13.6. The fourth-order valence-corrected chi connectivity index (χ4v) is 12.5. The van der Waals surface area contributed by atoms with Gasteiger partial charge in [0.15, 0.2) is 0 Å². The van der Waals surface area contributed by atoms with Gasteiger partial charge in [-0.05, 0) is 94.9 Å². The maximum absolute atomic E-state index is 2.52. The van der Waals surface area contributed by atoms with Crippen molar-refractivity contribution in [3.63, 3.8) is 0 Å². The van der Waals surface area contributed by atoms with Gasteiger partial charge in [0.25, 0.3) is 0 Å². The number of halogens is 2. The maximum Gasteiger partial charge on any atom is -1.00 e. The molecule has 2 aliphatic carbocycles. The smallest absolute Gasteiger partial charge is 1.00 e. The Balaban J connectivity index is 0.000000202. The van der Waals surface area contributed by atoms with Crippen LogP contribution in [0.2, 0.25) is 13.1 Å². The van der Waals surface area contributed by atoms with Gasteiger partial charge in [-0.3, -0.25) is 0 Å². The number of fused-ring (bicyclic) bond motifs is 4. The zero-order valence-corrected chi connectivity index (χ0v) is 46.7. The molecule has 4 heteroatoms. The van der Waals surface area contributed by atoms with E-state index in [1.165, 1.54) is 194 Å². The third-order valence-electron chi connectivity index (χ3n) is 15.3. The van der Waals surface area contributed by atoms with Gasteiger partial charge < -0.3 is 24.8 Å². The maximum atomic E-state index is 2.52. The molecule has 0 nitrogen and oxygen atoms in total. The van der Waals surface area contributed by atoms with Crippen LogP contribution >= 0.6 is 0 Å². The van der Waals surface area contributed by atoms with E-state index in [0.29, 0.717) is 10.8 Å². The van der Waals surface area contributed by atoms with E-state index in [2.05, 4.69) is 173 Å². The Bertz CT molecular complexity index is 2610. The fraction of sp³-hybridized carbons (Fsp3) is 0.406. The van der Waals surface area contributed by atoms with Crippen molar-refractivity contribution in [1.29, 1.82) is 0 Å². The number of hydrogen-bond donors (Lipinski definition) is 0. The van der Waals surface area contributed by atoms with E-state index < -0.39 is 0 Å². The van der Waals surface area contributed by atoms with Crippen LogP contribution < -0.4 is 24.8 Å². The Hall–Kier alpha value is -3.26. The van der Waals surface area contributed by atoms with Gasteiger partial charge in [0.05, 0.1) is 0 Å². The molecule has 0 unspecified atom stereocenters. The molecular formula is C64H76Cl2SiZr-2. The Morgan fingerprint density at radius 2 is 0.735 bits per heavy atom. The van der Waals surface area contributed by atoms with Gasteiger partial charge in [0, 0.05) is 0 Å². The van der Waals surface area contributed by atoms with Crippen molar-refractivity contribution in [3.8, 4) is 22.3 Å². The van der Waals surface area contributed by atoms with Crippen molar-refractivity contribution in [2.24, 2.45) is 10.8 Å². The molecule has 0 amide bonds. The molecule has 68 heavy (non-hydrogen) atoms. The molecule has 2 fully saturated rings.